The zero-order valence-electron chi connectivity index (χ0n) is 14.4. The Balaban J connectivity index is 1.32. The van der Waals surface area contributed by atoms with Gasteiger partial charge in [-0.2, -0.15) is 0 Å². The van der Waals surface area contributed by atoms with E-state index in [1.807, 2.05) is 6.92 Å². The molecule has 0 radical (unpaired) electrons. The molecule has 4 heteroatoms. The molecule has 4 saturated carbocycles. The van der Waals surface area contributed by atoms with E-state index in [9.17, 15) is 9.18 Å². The third-order valence-electron chi connectivity index (χ3n) is 6.45. The molecule has 1 aromatic carbocycles. The summed E-state index contributed by atoms with van der Waals surface area (Å²) >= 11 is 0. The summed E-state index contributed by atoms with van der Waals surface area (Å²) in [4.78, 5) is 12.3. The van der Waals surface area contributed by atoms with Crippen molar-refractivity contribution in [3.63, 3.8) is 0 Å². The van der Waals surface area contributed by atoms with Gasteiger partial charge in [0.25, 0.3) is 0 Å². The smallest absolute Gasteiger partial charge is 0.241 e. The first-order chi connectivity index (χ1) is 11.5. The Morgan fingerprint density at radius 2 is 1.67 bits per heavy atom. The summed E-state index contributed by atoms with van der Waals surface area (Å²) in [7, 11) is 0. The fourth-order valence-electron chi connectivity index (χ4n) is 5.75. The molecule has 2 N–H and O–H groups in total. The predicted octanol–water partition coefficient (Wildman–Crippen LogP) is 3.96. The number of hydrogen-bond donors (Lipinski definition) is 2. The van der Waals surface area contributed by atoms with Crippen LogP contribution in [0.3, 0.4) is 0 Å². The van der Waals surface area contributed by atoms with Gasteiger partial charge < -0.3 is 10.6 Å². The topological polar surface area (TPSA) is 41.1 Å². The van der Waals surface area contributed by atoms with Gasteiger partial charge in [0, 0.05) is 12.2 Å². The maximum absolute atomic E-state index is 12.9. The Bertz CT molecular complexity index is 577. The molecule has 0 aliphatic heterocycles. The fourth-order valence-corrected chi connectivity index (χ4v) is 5.75. The van der Waals surface area contributed by atoms with E-state index in [0.717, 1.165) is 24.3 Å². The molecule has 3 nitrogen and oxygen atoms in total. The quantitative estimate of drug-likeness (QED) is 0.858. The van der Waals surface area contributed by atoms with Gasteiger partial charge in [-0.1, -0.05) is 0 Å². The van der Waals surface area contributed by atoms with Crippen LogP contribution in [0.15, 0.2) is 24.3 Å². The highest BCUT2D eigenvalue weighted by Crippen LogP contribution is 2.59. The van der Waals surface area contributed by atoms with Crippen LogP contribution in [0.5, 0.6) is 0 Å². The number of carbonyl (C=O) groups excluding carboxylic acids is 1. The summed E-state index contributed by atoms with van der Waals surface area (Å²) in [5.74, 6) is 2.46. The molecule has 1 atom stereocenters. The molecule has 0 aromatic heterocycles. The van der Waals surface area contributed by atoms with Crippen LogP contribution in [0.2, 0.25) is 0 Å². The van der Waals surface area contributed by atoms with Crippen LogP contribution in [0.25, 0.3) is 0 Å². The predicted molar refractivity (Wildman–Crippen MR) is 93.1 cm³/mol. The third kappa shape index (κ3) is 3.21. The van der Waals surface area contributed by atoms with Crippen LogP contribution >= 0.6 is 0 Å². The first-order valence-corrected chi connectivity index (χ1v) is 9.31. The van der Waals surface area contributed by atoms with Crippen LogP contribution in [0, 0.1) is 29.0 Å². The molecule has 4 fully saturated rings. The van der Waals surface area contributed by atoms with Crippen molar-refractivity contribution in [3.05, 3.63) is 30.1 Å². The molecule has 0 unspecified atom stereocenters. The molecule has 4 bridgehead atoms. The number of hydrogen-bond acceptors (Lipinski definition) is 2. The lowest BCUT2D eigenvalue weighted by Gasteiger charge is -2.57. The molecule has 24 heavy (non-hydrogen) atoms. The largest absolute Gasteiger partial charge is 0.325 e. The SMILES string of the molecule is C[C@@H](NCC12CC3CC(CC(C3)C1)C2)C(=O)Nc1ccc(F)cc1. The molecule has 4 aliphatic rings. The number of benzene rings is 1. The van der Waals surface area contributed by atoms with Gasteiger partial charge in [0.1, 0.15) is 5.82 Å². The van der Waals surface area contributed by atoms with Crippen molar-refractivity contribution in [1.29, 1.82) is 0 Å². The minimum absolute atomic E-state index is 0.0497. The van der Waals surface area contributed by atoms with Crippen molar-refractivity contribution in [2.45, 2.75) is 51.5 Å². The average Bonchev–Trinajstić information content (AvgIpc) is 2.53. The minimum Gasteiger partial charge on any atom is -0.325 e. The second-order valence-electron chi connectivity index (χ2n) is 8.52. The zero-order valence-corrected chi connectivity index (χ0v) is 14.4. The molecule has 5 rings (SSSR count). The van der Waals surface area contributed by atoms with Gasteiger partial charge in [0.15, 0.2) is 0 Å². The lowest BCUT2D eigenvalue weighted by Crippen LogP contribution is -2.52. The molecule has 0 spiro atoms. The van der Waals surface area contributed by atoms with Crippen LogP contribution in [0.1, 0.15) is 45.4 Å². The molecular formula is C20H27FN2O. The summed E-state index contributed by atoms with van der Waals surface area (Å²) in [6.07, 6.45) is 8.37. The number of amides is 1. The van der Waals surface area contributed by atoms with Crippen LogP contribution in [-0.2, 0) is 4.79 Å². The number of carbonyl (C=O) groups is 1. The summed E-state index contributed by atoms with van der Waals surface area (Å²) in [5.41, 5.74) is 1.07. The zero-order chi connectivity index (χ0) is 16.7. The van der Waals surface area contributed by atoms with E-state index in [2.05, 4.69) is 10.6 Å². The standard InChI is InChI=1S/C20H27FN2O/c1-13(19(24)23-18-4-2-17(21)3-5-18)22-12-20-9-14-6-15(10-20)8-16(7-14)11-20/h2-5,13-16,22H,6-12H2,1H3,(H,23,24)/t13-,14?,15?,16?,20?/m1/s1. The average molecular weight is 330 g/mol. The molecule has 0 saturated heterocycles. The molecule has 0 heterocycles. The van der Waals surface area contributed by atoms with Gasteiger partial charge >= 0.3 is 0 Å². The maximum Gasteiger partial charge on any atom is 0.241 e. The van der Waals surface area contributed by atoms with Crippen molar-refractivity contribution in [3.8, 4) is 0 Å². The Labute approximate surface area is 143 Å². The summed E-state index contributed by atoms with van der Waals surface area (Å²) in [5, 5.41) is 6.34. The Kier molecular flexibility index (Phi) is 4.11. The third-order valence-corrected chi connectivity index (χ3v) is 6.45. The van der Waals surface area contributed by atoms with Crippen LogP contribution in [-0.4, -0.2) is 18.5 Å². The van der Waals surface area contributed by atoms with Crippen molar-refractivity contribution in [2.24, 2.45) is 23.2 Å². The summed E-state index contributed by atoms with van der Waals surface area (Å²) in [6.45, 7) is 2.87. The second kappa shape index (κ2) is 6.14. The number of halogens is 1. The lowest BCUT2D eigenvalue weighted by molar-refractivity contribution is -0.118. The minimum atomic E-state index is -0.291. The molecule has 130 valence electrons. The van der Waals surface area contributed by atoms with E-state index < -0.39 is 0 Å². The van der Waals surface area contributed by atoms with E-state index in [-0.39, 0.29) is 17.8 Å². The molecule has 1 amide bonds. The van der Waals surface area contributed by atoms with Gasteiger partial charge in [0.05, 0.1) is 6.04 Å². The van der Waals surface area contributed by atoms with E-state index >= 15 is 0 Å². The highest BCUT2D eigenvalue weighted by atomic mass is 19.1. The van der Waals surface area contributed by atoms with E-state index in [0.29, 0.717) is 11.1 Å². The van der Waals surface area contributed by atoms with Gasteiger partial charge in [0.2, 0.25) is 5.91 Å². The Morgan fingerprint density at radius 3 is 2.21 bits per heavy atom. The van der Waals surface area contributed by atoms with Gasteiger partial charge in [-0.3, -0.25) is 4.79 Å². The lowest BCUT2D eigenvalue weighted by atomic mass is 9.49. The first kappa shape index (κ1) is 16.1. The van der Waals surface area contributed by atoms with E-state index in [4.69, 9.17) is 0 Å². The maximum atomic E-state index is 12.9. The van der Waals surface area contributed by atoms with Crippen LogP contribution < -0.4 is 10.6 Å². The molecule has 4 aliphatic carbocycles. The van der Waals surface area contributed by atoms with Crippen molar-refractivity contribution in [1.82, 2.24) is 5.32 Å². The summed E-state index contributed by atoms with van der Waals surface area (Å²) < 4.78 is 12.9. The van der Waals surface area contributed by atoms with E-state index in [1.165, 1.54) is 50.7 Å². The second-order valence-corrected chi connectivity index (χ2v) is 8.52. The van der Waals surface area contributed by atoms with Crippen molar-refractivity contribution in [2.75, 3.05) is 11.9 Å². The van der Waals surface area contributed by atoms with Gasteiger partial charge in [-0.15, -0.1) is 0 Å². The van der Waals surface area contributed by atoms with Crippen molar-refractivity contribution >= 4 is 11.6 Å². The fraction of sp³-hybridized carbons (Fsp3) is 0.650. The van der Waals surface area contributed by atoms with Crippen LogP contribution in [0.4, 0.5) is 10.1 Å². The van der Waals surface area contributed by atoms with Crippen molar-refractivity contribution < 1.29 is 9.18 Å². The monoisotopic (exact) mass is 330 g/mol. The summed E-state index contributed by atoms with van der Waals surface area (Å²) in [6, 6.07) is 5.69. The van der Waals surface area contributed by atoms with E-state index in [1.54, 1.807) is 12.1 Å². The van der Waals surface area contributed by atoms with Gasteiger partial charge in [-0.05, 0) is 92.9 Å². The normalized spacial score (nSPS) is 35.0. The number of rotatable bonds is 5. The highest BCUT2D eigenvalue weighted by molar-refractivity contribution is 5.94. The first-order valence-electron chi connectivity index (χ1n) is 9.31. The Morgan fingerprint density at radius 1 is 1.12 bits per heavy atom. The van der Waals surface area contributed by atoms with Gasteiger partial charge in [-0.25, -0.2) is 4.39 Å². The number of anilines is 1. The number of nitrogens with one attached hydrogen (secondary N) is 2. The molecule has 1 aromatic rings. The highest BCUT2D eigenvalue weighted by Gasteiger charge is 2.50. The Hall–Kier alpha value is -1.42. The molecular weight excluding hydrogens is 303 g/mol.